The largest absolute Gasteiger partial charge is 0.497 e. The lowest BCUT2D eigenvalue weighted by Crippen LogP contribution is -2.54. The van der Waals surface area contributed by atoms with Crippen molar-refractivity contribution in [2.24, 2.45) is 0 Å². The van der Waals surface area contributed by atoms with Crippen LogP contribution in [0.3, 0.4) is 0 Å². The number of rotatable bonds is 3. The number of anilines is 1. The smallest absolute Gasteiger partial charge is 0.410 e. The molecule has 172 valence electrons. The number of hydrogen-bond acceptors (Lipinski definition) is 5. The fourth-order valence-electron chi connectivity index (χ4n) is 5.02. The lowest BCUT2D eigenvalue weighted by molar-refractivity contribution is 0.0229. The van der Waals surface area contributed by atoms with Gasteiger partial charge in [0.25, 0.3) is 0 Å². The van der Waals surface area contributed by atoms with Crippen LogP contribution in [0.1, 0.15) is 57.4 Å². The monoisotopic (exact) mass is 437 g/mol. The van der Waals surface area contributed by atoms with Crippen LogP contribution in [0.4, 0.5) is 10.6 Å². The molecular formula is C26H35N3O3. The van der Waals surface area contributed by atoms with Crippen LogP contribution < -0.4 is 9.64 Å². The predicted molar refractivity (Wildman–Crippen MR) is 126 cm³/mol. The molecule has 1 amide bonds. The molecule has 1 aromatic heterocycles. The number of carbonyl (C=O) groups excluding carboxylic acids is 1. The number of aromatic nitrogens is 1. The van der Waals surface area contributed by atoms with E-state index in [2.05, 4.69) is 36.1 Å². The van der Waals surface area contributed by atoms with Crippen molar-refractivity contribution in [3.05, 3.63) is 53.2 Å². The SMILES string of the molecule is COc1ccc(CN2c3nc(C)ccc3CC[C@@]23C[C@H](C)N(C(=O)OC(C)(C)C)C3)cc1. The number of amides is 1. The zero-order valence-electron chi connectivity index (χ0n) is 20.1. The van der Waals surface area contributed by atoms with E-state index < -0.39 is 5.60 Å². The van der Waals surface area contributed by atoms with Gasteiger partial charge in [0.2, 0.25) is 0 Å². The topological polar surface area (TPSA) is 54.9 Å². The number of fused-ring (bicyclic) bond motifs is 1. The number of likely N-dealkylation sites (tertiary alicyclic amines) is 1. The van der Waals surface area contributed by atoms with Crippen molar-refractivity contribution in [1.82, 2.24) is 9.88 Å². The van der Waals surface area contributed by atoms with Gasteiger partial charge in [0.1, 0.15) is 17.2 Å². The zero-order chi connectivity index (χ0) is 23.1. The third kappa shape index (κ3) is 4.41. The summed E-state index contributed by atoms with van der Waals surface area (Å²) in [5.74, 6) is 1.90. The molecule has 2 aromatic rings. The molecule has 2 aliphatic rings. The first-order valence-electron chi connectivity index (χ1n) is 11.5. The summed E-state index contributed by atoms with van der Waals surface area (Å²) in [6.07, 6.45) is 2.63. The average molecular weight is 438 g/mol. The minimum absolute atomic E-state index is 0.106. The first kappa shape index (κ1) is 22.4. The van der Waals surface area contributed by atoms with E-state index in [4.69, 9.17) is 14.5 Å². The van der Waals surface area contributed by atoms with Gasteiger partial charge in [-0.25, -0.2) is 9.78 Å². The Labute approximate surface area is 191 Å². The lowest BCUT2D eigenvalue weighted by Gasteiger charge is -2.46. The molecule has 0 unspecified atom stereocenters. The van der Waals surface area contributed by atoms with Gasteiger partial charge in [-0.1, -0.05) is 18.2 Å². The number of aryl methyl sites for hydroxylation is 2. The van der Waals surface area contributed by atoms with Crippen molar-refractivity contribution in [3.8, 4) is 5.75 Å². The van der Waals surface area contributed by atoms with Gasteiger partial charge >= 0.3 is 6.09 Å². The molecule has 3 heterocycles. The van der Waals surface area contributed by atoms with Gasteiger partial charge in [-0.2, -0.15) is 0 Å². The fourth-order valence-corrected chi connectivity index (χ4v) is 5.02. The van der Waals surface area contributed by atoms with Gasteiger partial charge in [-0.15, -0.1) is 0 Å². The number of nitrogens with zero attached hydrogens (tertiary/aromatic N) is 3. The van der Waals surface area contributed by atoms with Gasteiger partial charge in [-0.3, -0.25) is 0 Å². The second kappa shape index (κ2) is 8.30. The summed E-state index contributed by atoms with van der Waals surface area (Å²) < 4.78 is 11.1. The number of methoxy groups -OCH3 is 1. The Morgan fingerprint density at radius 1 is 1.19 bits per heavy atom. The molecule has 4 rings (SSSR count). The first-order chi connectivity index (χ1) is 15.1. The van der Waals surface area contributed by atoms with Crippen LogP contribution in [0.5, 0.6) is 5.75 Å². The highest BCUT2D eigenvalue weighted by atomic mass is 16.6. The Bertz CT molecular complexity index is 983. The molecule has 1 fully saturated rings. The van der Waals surface area contributed by atoms with Crippen molar-refractivity contribution in [2.75, 3.05) is 18.6 Å². The van der Waals surface area contributed by atoms with E-state index in [-0.39, 0.29) is 17.7 Å². The van der Waals surface area contributed by atoms with Crippen LogP contribution in [0.2, 0.25) is 0 Å². The first-order valence-corrected chi connectivity index (χ1v) is 11.5. The standard InChI is InChI=1S/C26H35N3O3/c1-18-7-10-21-13-14-26(15-19(2)28(17-26)24(30)32-25(3,4)5)29(23(21)27-18)16-20-8-11-22(31-6)12-9-20/h7-12,19H,13-17H2,1-6H3/t19-,26-/m0/s1. The Balaban J connectivity index is 1.68. The highest BCUT2D eigenvalue weighted by Crippen LogP contribution is 2.44. The van der Waals surface area contributed by atoms with Crippen molar-refractivity contribution in [2.45, 2.75) is 77.6 Å². The maximum Gasteiger partial charge on any atom is 0.410 e. The normalized spacial score (nSPS) is 22.8. The van der Waals surface area contributed by atoms with Gasteiger partial charge < -0.3 is 19.3 Å². The van der Waals surface area contributed by atoms with E-state index in [0.717, 1.165) is 43.1 Å². The Hall–Kier alpha value is -2.76. The number of carbonyl (C=O) groups is 1. The maximum atomic E-state index is 13.0. The van der Waals surface area contributed by atoms with Crippen molar-refractivity contribution >= 4 is 11.9 Å². The Kier molecular flexibility index (Phi) is 5.82. The van der Waals surface area contributed by atoms with Crippen LogP contribution >= 0.6 is 0 Å². The van der Waals surface area contributed by atoms with Crippen molar-refractivity contribution in [1.29, 1.82) is 0 Å². The summed E-state index contributed by atoms with van der Waals surface area (Å²) in [4.78, 5) is 22.3. The predicted octanol–water partition coefficient (Wildman–Crippen LogP) is 5.12. The molecular weight excluding hydrogens is 402 g/mol. The van der Waals surface area contributed by atoms with E-state index in [1.54, 1.807) is 7.11 Å². The lowest BCUT2D eigenvalue weighted by atomic mass is 9.83. The highest BCUT2D eigenvalue weighted by Gasteiger charge is 2.51. The molecule has 0 N–H and O–H groups in total. The molecule has 1 spiro atoms. The Morgan fingerprint density at radius 3 is 2.56 bits per heavy atom. The van der Waals surface area contributed by atoms with Crippen molar-refractivity contribution < 1.29 is 14.3 Å². The molecule has 0 bridgehead atoms. The molecule has 6 nitrogen and oxygen atoms in total. The maximum absolute atomic E-state index is 13.0. The van der Waals surface area contributed by atoms with E-state index in [1.165, 1.54) is 11.1 Å². The molecule has 32 heavy (non-hydrogen) atoms. The van der Waals surface area contributed by atoms with Gasteiger partial charge in [-0.05, 0) is 83.2 Å². The van der Waals surface area contributed by atoms with Crippen molar-refractivity contribution in [3.63, 3.8) is 0 Å². The second-order valence-corrected chi connectivity index (χ2v) is 10.3. The van der Waals surface area contributed by atoms with Gasteiger partial charge in [0.15, 0.2) is 0 Å². The molecule has 2 aliphatic heterocycles. The Morgan fingerprint density at radius 2 is 1.91 bits per heavy atom. The number of pyridine rings is 1. The number of benzene rings is 1. The van der Waals surface area contributed by atoms with Crippen LogP contribution in [0.25, 0.3) is 0 Å². The average Bonchev–Trinajstić information content (AvgIpc) is 3.07. The quantitative estimate of drug-likeness (QED) is 0.667. The highest BCUT2D eigenvalue weighted by molar-refractivity contribution is 5.70. The van der Waals surface area contributed by atoms with Crippen LogP contribution in [0, 0.1) is 6.92 Å². The third-order valence-electron chi connectivity index (χ3n) is 6.58. The van der Waals surface area contributed by atoms with Crippen LogP contribution in [-0.4, -0.2) is 46.8 Å². The molecule has 1 saturated heterocycles. The van der Waals surface area contributed by atoms with Gasteiger partial charge in [0.05, 0.1) is 12.6 Å². The molecule has 2 atom stereocenters. The summed E-state index contributed by atoms with van der Waals surface area (Å²) in [7, 11) is 1.68. The van der Waals surface area contributed by atoms with E-state index in [1.807, 2.05) is 44.7 Å². The zero-order valence-corrected chi connectivity index (χ0v) is 20.1. The number of hydrogen-bond donors (Lipinski definition) is 0. The minimum atomic E-state index is -0.507. The summed E-state index contributed by atoms with van der Waals surface area (Å²) in [5.41, 5.74) is 2.82. The fraction of sp³-hybridized carbons (Fsp3) is 0.538. The minimum Gasteiger partial charge on any atom is -0.497 e. The molecule has 0 saturated carbocycles. The summed E-state index contributed by atoms with van der Waals surface area (Å²) in [5, 5.41) is 0. The van der Waals surface area contributed by atoms with Gasteiger partial charge in [0, 0.05) is 24.8 Å². The van der Waals surface area contributed by atoms with Crippen LogP contribution in [0.15, 0.2) is 36.4 Å². The molecule has 1 aromatic carbocycles. The summed E-state index contributed by atoms with van der Waals surface area (Å²) in [6, 6.07) is 12.6. The van der Waals surface area contributed by atoms with E-state index >= 15 is 0 Å². The summed E-state index contributed by atoms with van der Waals surface area (Å²) in [6.45, 7) is 11.3. The molecule has 0 aliphatic carbocycles. The van der Waals surface area contributed by atoms with E-state index in [9.17, 15) is 4.79 Å². The summed E-state index contributed by atoms with van der Waals surface area (Å²) >= 11 is 0. The molecule has 0 radical (unpaired) electrons. The second-order valence-electron chi connectivity index (χ2n) is 10.3. The van der Waals surface area contributed by atoms with Crippen LogP contribution in [-0.2, 0) is 17.7 Å². The third-order valence-corrected chi connectivity index (χ3v) is 6.58. The molecule has 6 heteroatoms. The number of ether oxygens (including phenoxy) is 2. The van der Waals surface area contributed by atoms with E-state index in [0.29, 0.717) is 6.54 Å².